The highest BCUT2D eigenvalue weighted by atomic mass is 31.0. The predicted octanol–water partition coefficient (Wildman–Crippen LogP) is 2.44. The van der Waals surface area contributed by atoms with Gasteiger partial charge >= 0.3 is 0 Å². The maximum atomic E-state index is 13.5. The second kappa shape index (κ2) is 12.7. The maximum absolute atomic E-state index is 13.5. The zero-order valence-corrected chi connectivity index (χ0v) is 23.4. The summed E-state index contributed by atoms with van der Waals surface area (Å²) in [6.45, 7) is 7.47. The minimum atomic E-state index is -1.10. The topological polar surface area (TPSA) is 85.7 Å². The first-order chi connectivity index (χ1) is 18.2. The van der Waals surface area contributed by atoms with E-state index in [4.69, 9.17) is 0 Å². The fourth-order valence-corrected chi connectivity index (χ4v) is 4.93. The molecule has 2 amide bonds. The van der Waals surface area contributed by atoms with Crippen LogP contribution in [-0.4, -0.2) is 77.3 Å². The number of halogens is 1. The lowest BCUT2D eigenvalue weighted by molar-refractivity contribution is -0.145. The zero-order valence-electron chi connectivity index (χ0n) is 22.3. The molecule has 0 spiro atoms. The molecule has 2 aromatic carbocycles. The van der Waals surface area contributed by atoms with Gasteiger partial charge in [-0.25, -0.2) is 9.40 Å². The Kier molecular flexibility index (Phi) is 9.31. The van der Waals surface area contributed by atoms with Crippen LogP contribution in [0.5, 0.6) is 0 Å². The number of nitrogens with zero attached hydrogens (tertiary/aromatic N) is 5. The molecule has 2 N–H and O–H groups in total. The number of amides is 2. The van der Waals surface area contributed by atoms with Crippen LogP contribution in [0, 0.1) is 6.92 Å². The number of aromatic nitrogens is 2. The van der Waals surface area contributed by atoms with Crippen LogP contribution in [0.2, 0.25) is 0 Å². The van der Waals surface area contributed by atoms with E-state index < -0.39 is 5.91 Å². The van der Waals surface area contributed by atoms with Crippen molar-refractivity contribution < 1.29 is 14.0 Å². The fourth-order valence-electron chi connectivity index (χ4n) is 4.71. The molecule has 38 heavy (non-hydrogen) atoms. The molecule has 2 atom stereocenters. The number of anilines is 1. The third-order valence-corrected chi connectivity index (χ3v) is 6.93. The molecule has 2 heterocycles. The Morgan fingerprint density at radius 1 is 1.16 bits per heavy atom. The first kappa shape index (κ1) is 28.0. The number of carbonyl (C=O) groups excluding carboxylic acids is 2. The highest BCUT2D eigenvalue weighted by Crippen LogP contribution is 2.27. The van der Waals surface area contributed by atoms with Crippen molar-refractivity contribution in [3.63, 3.8) is 0 Å². The molecule has 0 radical (unpaired) electrons. The van der Waals surface area contributed by atoms with E-state index in [1.165, 1.54) is 11.1 Å². The molecule has 1 aliphatic rings. The lowest BCUT2D eigenvalue weighted by atomic mass is 10.1. The Labute approximate surface area is 225 Å². The van der Waals surface area contributed by atoms with Gasteiger partial charge in [0.15, 0.2) is 0 Å². The molecule has 0 saturated heterocycles. The van der Waals surface area contributed by atoms with E-state index in [1.807, 2.05) is 49.3 Å². The molecule has 2 unspecified atom stereocenters. The lowest BCUT2D eigenvalue weighted by Gasteiger charge is -2.32. The average Bonchev–Trinajstić information content (AvgIpc) is 3.48. The summed E-state index contributed by atoms with van der Waals surface area (Å²) in [6.07, 6.45) is 1.81. The summed E-state index contributed by atoms with van der Waals surface area (Å²) in [4.78, 5) is 28.1. The largest absolute Gasteiger partial charge is 0.353 e. The quantitative estimate of drug-likeness (QED) is 0.271. The summed E-state index contributed by atoms with van der Waals surface area (Å²) in [7, 11) is 3.91. The number of hydrazine groups is 1. The second-order valence-electron chi connectivity index (χ2n) is 9.63. The Balaban J connectivity index is 1.54. The van der Waals surface area contributed by atoms with Gasteiger partial charge in [-0.3, -0.25) is 19.3 Å². The van der Waals surface area contributed by atoms with Crippen LogP contribution in [-0.2, 0) is 29.2 Å². The van der Waals surface area contributed by atoms with Gasteiger partial charge in [-0.05, 0) is 42.3 Å². The van der Waals surface area contributed by atoms with Gasteiger partial charge in [-0.1, -0.05) is 40.4 Å². The number of benzene rings is 2. The summed E-state index contributed by atoms with van der Waals surface area (Å²) in [5, 5.41) is 15.2. The predicted molar refractivity (Wildman–Crippen MR) is 151 cm³/mol. The summed E-state index contributed by atoms with van der Waals surface area (Å²) >= 11 is 0. The Morgan fingerprint density at radius 2 is 1.87 bits per heavy atom. The smallest absolute Gasteiger partial charge is 0.256 e. The standard InChI is InChI=1S/C27H37FN7O2P/c1-4-29-9-10-30-26(36)17-33(18-27(37)32(3)35-14-20-7-5-6-8-21(20)15-35)24-12-23-22(11-19(24)2)13-34(31-23)16-25(28)38/h5-8,11-13,25,29H,4,9-10,14-18,38H2,1-3H3,(H,30,36). The van der Waals surface area contributed by atoms with Crippen molar-refractivity contribution in [1.29, 1.82) is 0 Å². The summed E-state index contributed by atoms with van der Waals surface area (Å²) in [6, 6.07) is 12.0. The van der Waals surface area contributed by atoms with Crippen LogP contribution < -0.4 is 15.5 Å². The molecule has 0 fully saturated rings. The van der Waals surface area contributed by atoms with Crippen molar-refractivity contribution in [3.8, 4) is 0 Å². The first-order valence-corrected chi connectivity index (χ1v) is 13.6. The van der Waals surface area contributed by atoms with Gasteiger partial charge < -0.3 is 15.5 Å². The van der Waals surface area contributed by atoms with Crippen LogP contribution >= 0.6 is 9.24 Å². The van der Waals surface area contributed by atoms with Crippen molar-refractivity contribution in [1.82, 2.24) is 30.4 Å². The van der Waals surface area contributed by atoms with Gasteiger partial charge in [0.2, 0.25) is 5.91 Å². The molecular formula is C27H37FN7O2P. The molecule has 0 saturated carbocycles. The number of carbonyl (C=O) groups is 2. The molecule has 4 rings (SSSR count). The van der Waals surface area contributed by atoms with E-state index in [0.29, 0.717) is 31.7 Å². The van der Waals surface area contributed by atoms with Gasteiger partial charge in [-0.2, -0.15) is 5.10 Å². The summed E-state index contributed by atoms with van der Waals surface area (Å²) in [5.41, 5.74) is 4.76. The average molecular weight is 542 g/mol. The molecule has 204 valence electrons. The Hall–Kier alpha value is -3.07. The van der Waals surface area contributed by atoms with Crippen LogP contribution in [0.1, 0.15) is 23.6 Å². The third-order valence-electron chi connectivity index (χ3n) is 6.72. The van der Waals surface area contributed by atoms with Crippen molar-refractivity contribution in [2.75, 3.05) is 44.7 Å². The van der Waals surface area contributed by atoms with Crippen molar-refractivity contribution in [2.24, 2.45) is 0 Å². The molecule has 9 nitrogen and oxygen atoms in total. The molecule has 3 aromatic rings. The number of hydrogen-bond donors (Lipinski definition) is 2. The van der Waals surface area contributed by atoms with Gasteiger partial charge in [0, 0.05) is 50.5 Å². The van der Waals surface area contributed by atoms with Crippen LogP contribution in [0.3, 0.4) is 0 Å². The minimum Gasteiger partial charge on any atom is -0.353 e. The zero-order chi connectivity index (χ0) is 27.2. The molecular weight excluding hydrogens is 504 g/mol. The third kappa shape index (κ3) is 6.87. The monoisotopic (exact) mass is 541 g/mol. The molecule has 0 aliphatic carbocycles. The summed E-state index contributed by atoms with van der Waals surface area (Å²) < 4.78 is 15.1. The van der Waals surface area contributed by atoms with E-state index in [9.17, 15) is 14.0 Å². The number of aryl methyl sites for hydroxylation is 1. The van der Waals surface area contributed by atoms with Crippen LogP contribution in [0.15, 0.2) is 42.6 Å². The van der Waals surface area contributed by atoms with Gasteiger partial charge in [-0.15, -0.1) is 0 Å². The van der Waals surface area contributed by atoms with E-state index in [-0.39, 0.29) is 31.4 Å². The normalized spacial score (nSPS) is 13.9. The van der Waals surface area contributed by atoms with Gasteiger partial charge in [0.1, 0.15) is 5.91 Å². The number of nitrogens with one attached hydrogen (secondary N) is 2. The number of fused-ring (bicyclic) bond motifs is 2. The molecule has 1 aliphatic heterocycles. The van der Waals surface area contributed by atoms with Crippen LogP contribution in [0.25, 0.3) is 10.9 Å². The van der Waals surface area contributed by atoms with Crippen LogP contribution in [0.4, 0.5) is 10.1 Å². The highest BCUT2D eigenvalue weighted by Gasteiger charge is 2.27. The SMILES string of the molecule is CCNCCNC(=O)CN(CC(=O)N(C)N1Cc2ccccc2C1)c1cc2nn(CC(F)P)cc2cc1C. The second-order valence-corrected chi connectivity index (χ2v) is 10.4. The van der Waals surface area contributed by atoms with E-state index in [1.54, 1.807) is 21.6 Å². The van der Waals surface area contributed by atoms with Crippen molar-refractivity contribution in [2.45, 2.75) is 39.4 Å². The highest BCUT2D eigenvalue weighted by molar-refractivity contribution is 7.17. The van der Waals surface area contributed by atoms with Crippen molar-refractivity contribution in [3.05, 3.63) is 59.3 Å². The maximum Gasteiger partial charge on any atom is 0.256 e. The molecule has 1 aromatic heterocycles. The lowest BCUT2D eigenvalue weighted by Crippen LogP contribution is -2.48. The van der Waals surface area contributed by atoms with Gasteiger partial charge in [0.25, 0.3) is 5.91 Å². The fraction of sp³-hybridized carbons (Fsp3) is 0.444. The molecule has 11 heteroatoms. The Morgan fingerprint density at radius 3 is 2.53 bits per heavy atom. The number of rotatable bonds is 12. The summed E-state index contributed by atoms with van der Waals surface area (Å²) in [5.74, 6) is -1.39. The number of likely N-dealkylation sites (N-methyl/N-ethyl adjacent to an activating group) is 2. The number of alkyl halides is 1. The molecule has 0 bridgehead atoms. The van der Waals surface area contributed by atoms with E-state index in [0.717, 1.165) is 23.2 Å². The van der Waals surface area contributed by atoms with E-state index in [2.05, 4.69) is 37.1 Å². The van der Waals surface area contributed by atoms with Crippen molar-refractivity contribution >= 4 is 37.6 Å². The van der Waals surface area contributed by atoms with Gasteiger partial charge in [0.05, 0.1) is 25.2 Å². The van der Waals surface area contributed by atoms with E-state index >= 15 is 0 Å². The number of hydrogen-bond acceptors (Lipinski definition) is 6. The first-order valence-electron chi connectivity index (χ1n) is 12.9. The minimum absolute atomic E-state index is 0.0230. The Bertz CT molecular complexity index is 1260.